The minimum absolute atomic E-state index is 0.0541. The summed E-state index contributed by atoms with van der Waals surface area (Å²) in [6.07, 6.45) is 0.680. The van der Waals surface area contributed by atoms with Crippen molar-refractivity contribution in [2.24, 2.45) is 0 Å². The molecule has 0 atom stereocenters. The van der Waals surface area contributed by atoms with Crippen molar-refractivity contribution < 1.29 is 27.8 Å². The first-order valence-electron chi connectivity index (χ1n) is 10.6. The fraction of sp³-hybridized carbons (Fsp3) is 0.391. The van der Waals surface area contributed by atoms with Crippen LogP contribution in [0.4, 0.5) is 13.9 Å². The largest absolute Gasteiger partial charge is 0.495 e. The van der Waals surface area contributed by atoms with Crippen LogP contribution in [0.1, 0.15) is 16.8 Å². The van der Waals surface area contributed by atoms with Crippen molar-refractivity contribution in [1.82, 2.24) is 9.88 Å². The van der Waals surface area contributed by atoms with Crippen molar-refractivity contribution in [2.75, 3.05) is 58.5 Å². The lowest BCUT2D eigenvalue weighted by Crippen LogP contribution is -2.39. The Balaban J connectivity index is 1.66. The maximum absolute atomic E-state index is 13.9. The van der Waals surface area contributed by atoms with Crippen LogP contribution in [0.5, 0.6) is 11.5 Å². The van der Waals surface area contributed by atoms with Crippen LogP contribution in [0.25, 0.3) is 10.2 Å². The Bertz CT molecular complexity index is 1090. The Kier molecular flexibility index (Phi) is 7.36. The zero-order chi connectivity index (χ0) is 23.4. The van der Waals surface area contributed by atoms with E-state index in [-0.39, 0.29) is 5.56 Å². The number of anilines is 1. The lowest BCUT2D eigenvalue weighted by atomic mass is 10.2. The van der Waals surface area contributed by atoms with Gasteiger partial charge in [0.15, 0.2) is 16.8 Å². The topological polar surface area (TPSA) is 64.1 Å². The summed E-state index contributed by atoms with van der Waals surface area (Å²) in [5, 5.41) is 0.435. The van der Waals surface area contributed by atoms with E-state index in [0.717, 1.165) is 36.5 Å². The second-order valence-corrected chi connectivity index (χ2v) is 8.52. The molecule has 4 rings (SSSR count). The van der Waals surface area contributed by atoms with E-state index in [4.69, 9.17) is 14.2 Å². The minimum Gasteiger partial charge on any atom is -0.495 e. The number of aromatic nitrogens is 1. The molecule has 0 N–H and O–H groups in total. The summed E-state index contributed by atoms with van der Waals surface area (Å²) in [4.78, 5) is 21.8. The highest BCUT2D eigenvalue weighted by atomic mass is 32.1. The molecule has 10 heteroatoms. The van der Waals surface area contributed by atoms with Gasteiger partial charge in [-0.1, -0.05) is 11.3 Å². The number of thiazole rings is 1. The number of carbonyl (C=O) groups is 1. The number of fused-ring (bicyclic) bond motifs is 1. The van der Waals surface area contributed by atoms with Crippen molar-refractivity contribution in [3.8, 4) is 11.5 Å². The smallest absolute Gasteiger partial charge is 0.260 e. The number of carbonyl (C=O) groups excluding carboxylic acids is 1. The lowest BCUT2D eigenvalue weighted by Gasteiger charge is -2.27. The molecule has 0 saturated carbocycles. The van der Waals surface area contributed by atoms with E-state index < -0.39 is 17.5 Å². The molecular weight excluding hydrogens is 452 g/mol. The number of ether oxygens (including phenoxy) is 3. The summed E-state index contributed by atoms with van der Waals surface area (Å²) >= 11 is 1.29. The average molecular weight is 478 g/mol. The summed E-state index contributed by atoms with van der Waals surface area (Å²) in [5.41, 5.74) is 0.631. The maximum atomic E-state index is 13.9. The number of benzene rings is 2. The van der Waals surface area contributed by atoms with Crippen LogP contribution in [0, 0.1) is 11.6 Å². The van der Waals surface area contributed by atoms with Gasteiger partial charge in [-0.05, 0) is 36.8 Å². The van der Waals surface area contributed by atoms with Gasteiger partial charge in [0.05, 0.1) is 27.4 Å². The quantitative estimate of drug-likeness (QED) is 0.490. The van der Waals surface area contributed by atoms with Gasteiger partial charge in [-0.2, -0.15) is 0 Å². The standard InChI is InChI=1S/C23H25F2N3O4S/c1-30-18-6-7-19(31-2)21-20(18)26-23(33-21)28(9-3-8-27-10-12-32-13-11-27)22(29)15-4-5-16(24)17(25)14-15/h4-7,14H,3,8-13H2,1-2H3. The third kappa shape index (κ3) is 5.07. The van der Waals surface area contributed by atoms with Crippen LogP contribution >= 0.6 is 11.3 Å². The number of hydrogen-bond acceptors (Lipinski definition) is 7. The van der Waals surface area contributed by atoms with Crippen LogP contribution in [0.3, 0.4) is 0 Å². The Morgan fingerprint density at radius 1 is 1.12 bits per heavy atom. The first-order valence-corrected chi connectivity index (χ1v) is 11.4. The molecular formula is C23H25F2N3O4S. The number of nitrogens with zero attached hydrogens (tertiary/aromatic N) is 3. The SMILES string of the molecule is COc1ccc(OC)c2sc(N(CCCN3CCOCC3)C(=O)c3ccc(F)c(F)c3)nc12. The van der Waals surface area contributed by atoms with Gasteiger partial charge < -0.3 is 14.2 Å². The molecule has 1 aliphatic rings. The molecule has 0 spiro atoms. The molecule has 176 valence electrons. The van der Waals surface area contributed by atoms with Gasteiger partial charge in [0.2, 0.25) is 0 Å². The number of rotatable bonds is 8. The van der Waals surface area contributed by atoms with Crippen molar-refractivity contribution in [1.29, 1.82) is 0 Å². The van der Waals surface area contributed by atoms with Crippen molar-refractivity contribution in [3.63, 3.8) is 0 Å². The Labute approximate surface area is 194 Å². The van der Waals surface area contributed by atoms with Gasteiger partial charge in [0, 0.05) is 31.7 Å². The summed E-state index contributed by atoms with van der Waals surface area (Å²) in [6, 6.07) is 6.69. The normalized spacial score (nSPS) is 14.4. The van der Waals surface area contributed by atoms with Gasteiger partial charge >= 0.3 is 0 Å². The molecule has 0 bridgehead atoms. The van der Waals surface area contributed by atoms with E-state index >= 15 is 0 Å². The van der Waals surface area contributed by atoms with Crippen LogP contribution in [0.15, 0.2) is 30.3 Å². The van der Waals surface area contributed by atoms with Crippen LogP contribution in [0.2, 0.25) is 0 Å². The third-order valence-electron chi connectivity index (χ3n) is 5.50. The molecule has 1 aliphatic heterocycles. The number of morpholine rings is 1. The van der Waals surface area contributed by atoms with Gasteiger partial charge in [-0.15, -0.1) is 0 Å². The van der Waals surface area contributed by atoms with E-state index in [1.165, 1.54) is 22.3 Å². The summed E-state index contributed by atoms with van der Waals surface area (Å²) < 4.78 is 44.3. The summed E-state index contributed by atoms with van der Waals surface area (Å²) in [7, 11) is 3.11. The Morgan fingerprint density at radius 3 is 2.55 bits per heavy atom. The highest BCUT2D eigenvalue weighted by Crippen LogP contribution is 2.40. The molecule has 1 aromatic heterocycles. The van der Waals surface area contributed by atoms with Gasteiger partial charge in [0.1, 0.15) is 21.7 Å². The van der Waals surface area contributed by atoms with Crippen LogP contribution in [-0.4, -0.2) is 69.4 Å². The minimum atomic E-state index is -1.07. The summed E-state index contributed by atoms with van der Waals surface area (Å²) in [6.45, 7) is 4.20. The number of methoxy groups -OCH3 is 2. The van der Waals surface area contributed by atoms with Crippen molar-refractivity contribution in [2.45, 2.75) is 6.42 Å². The van der Waals surface area contributed by atoms with Gasteiger partial charge in [-0.25, -0.2) is 13.8 Å². The molecule has 0 aliphatic carbocycles. The average Bonchev–Trinajstić information content (AvgIpc) is 3.28. The Morgan fingerprint density at radius 2 is 1.85 bits per heavy atom. The first kappa shape index (κ1) is 23.3. The zero-order valence-electron chi connectivity index (χ0n) is 18.5. The number of amides is 1. The second kappa shape index (κ2) is 10.4. The first-order chi connectivity index (χ1) is 16.0. The third-order valence-corrected chi connectivity index (χ3v) is 6.59. The van der Waals surface area contributed by atoms with Crippen LogP contribution < -0.4 is 14.4 Å². The molecule has 1 saturated heterocycles. The zero-order valence-corrected chi connectivity index (χ0v) is 19.3. The molecule has 1 fully saturated rings. The second-order valence-electron chi connectivity index (χ2n) is 7.54. The fourth-order valence-corrected chi connectivity index (χ4v) is 4.83. The predicted molar refractivity (Wildman–Crippen MR) is 123 cm³/mol. The van der Waals surface area contributed by atoms with E-state index in [2.05, 4.69) is 9.88 Å². The molecule has 7 nitrogen and oxygen atoms in total. The van der Waals surface area contributed by atoms with E-state index in [1.54, 1.807) is 26.4 Å². The molecule has 2 aromatic carbocycles. The van der Waals surface area contributed by atoms with Crippen molar-refractivity contribution in [3.05, 3.63) is 47.5 Å². The lowest BCUT2D eigenvalue weighted by molar-refractivity contribution is 0.0376. The van der Waals surface area contributed by atoms with Gasteiger partial charge in [0.25, 0.3) is 5.91 Å². The maximum Gasteiger partial charge on any atom is 0.260 e. The van der Waals surface area contributed by atoms with Gasteiger partial charge in [-0.3, -0.25) is 14.6 Å². The Hall–Kier alpha value is -2.82. The number of halogens is 2. The monoisotopic (exact) mass is 477 g/mol. The van der Waals surface area contributed by atoms with Crippen molar-refractivity contribution >= 4 is 32.6 Å². The number of hydrogen-bond donors (Lipinski definition) is 0. The van der Waals surface area contributed by atoms with E-state index in [1.807, 2.05) is 0 Å². The van der Waals surface area contributed by atoms with Crippen LogP contribution in [-0.2, 0) is 4.74 Å². The molecule has 0 radical (unpaired) electrons. The summed E-state index contributed by atoms with van der Waals surface area (Å²) in [5.74, 6) is -1.35. The fourth-order valence-electron chi connectivity index (χ4n) is 3.74. The molecule has 1 amide bonds. The molecule has 3 aromatic rings. The predicted octanol–water partition coefficient (Wildman–Crippen LogP) is 3.96. The molecule has 0 unspecified atom stereocenters. The van der Waals surface area contributed by atoms with E-state index in [9.17, 15) is 13.6 Å². The highest BCUT2D eigenvalue weighted by Gasteiger charge is 2.24. The van der Waals surface area contributed by atoms with E-state index in [0.29, 0.717) is 48.3 Å². The molecule has 33 heavy (non-hydrogen) atoms. The highest BCUT2D eigenvalue weighted by molar-refractivity contribution is 7.22. The molecule has 2 heterocycles.